The number of carbonyl (C=O) groups excluding carboxylic acids is 1. The Labute approximate surface area is 123 Å². The van der Waals surface area contributed by atoms with Crippen molar-refractivity contribution in [1.82, 2.24) is 5.32 Å². The molecule has 0 radical (unpaired) electrons. The number of hydrogen-bond donors (Lipinski definition) is 3. The first-order valence-electron chi connectivity index (χ1n) is 8.29. The molecule has 1 unspecified atom stereocenters. The third kappa shape index (κ3) is 6.71. The van der Waals surface area contributed by atoms with Crippen LogP contribution in [-0.4, -0.2) is 29.7 Å². The molecule has 1 saturated carbocycles. The highest BCUT2D eigenvalue weighted by atomic mass is 16.3. The first-order chi connectivity index (χ1) is 9.59. The molecule has 1 fully saturated rings. The lowest BCUT2D eigenvalue weighted by molar-refractivity contribution is -0.122. The molecule has 0 heterocycles. The third-order valence-corrected chi connectivity index (χ3v) is 4.58. The van der Waals surface area contributed by atoms with E-state index in [2.05, 4.69) is 12.2 Å². The van der Waals surface area contributed by atoms with Gasteiger partial charge < -0.3 is 16.2 Å². The van der Waals surface area contributed by atoms with Crippen LogP contribution in [0.25, 0.3) is 0 Å². The minimum atomic E-state index is -0.673. The van der Waals surface area contributed by atoms with Crippen LogP contribution in [0.15, 0.2) is 0 Å². The molecule has 0 aromatic carbocycles. The van der Waals surface area contributed by atoms with E-state index in [1.807, 2.05) is 0 Å². The monoisotopic (exact) mass is 284 g/mol. The van der Waals surface area contributed by atoms with Crippen LogP contribution >= 0.6 is 0 Å². The Bertz CT molecular complexity index is 274. The average molecular weight is 284 g/mol. The van der Waals surface area contributed by atoms with Crippen LogP contribution < -0.4 is 11.1 Å². The fraction of sp³-hybridized carbons (Fsp3) is 0.938. The van der Waals surface area contributed by atoms with Crippen molar-refractivity contribution in [3.63, 3.8) is 0 Å². The number of hydrogen-bond acceptors (Lipinski definition) is 3. The second kappa shape index (κ2) is 9.35. The number of amides is 1. The second-order valence-electron chi connectivity index (χ2n) is 6.31. The Morgan fingerprint density at radius 1 is 1.25 bits per heavy atom. The number of rotatable bonds is 8. The fourth-order valence-electron chi connectivity index (χ4n) is 3.04. The van der Waals surface area contributed by atoms with E-state index in [-0.39, 0.29) is 5.91 Å². The summed E-state index contributed by atoms with van der Waals surface area (Å²) in [6.45, 7) is 3.26. The molecule has 1 rings (SSSR count). The molecule has 0 saturated heterocycles. The normalized spacial score (nSPS) is 20.1. The minimum absolute atomic E-state index is 0.0677. The van der Waals surface area contributed by atoms with E-state index in [9.17, 15) is 9.90 Å². The van der Waals surface area contributed by atoms with Gasteiger partial charge in [0, 0.05) is 13.0 Å². The molecule has 0 aromatic rings. The van der Waals surface area contributed by atoms with Crippen molar-refractivity contribution < 1.29 is 9.90 Å². The third-order valence-electron chi connectivity index (χ3n) is 4.58. The van der Waals surface area contributed by atoms with Gasteiger partial charge in [-0.05, 0) is 38.1 Å². The Balaban J connectivity index is 2.24. The van der Waals surface area contributed by atoms with Crippen LogP contribution in [-0.2, 0) is 4.79 Å². The largest absolute Gasteiger partial charge is 0.388 e. The van der Waals surface area contributed by atoms with Crippen LogP contribution in [0.5, 0.6) is 0 Å². The highest BCUT2D eigenvalue weighted by Gasteiger charge is 2.28. The molecule has 0 aliphatic heterocycles. The average Bonchev–Trinajstić information content (AvgIpc) is 2.66. The van der Waals surface area contributed by atoms with E-state index in [4.69, 9.17) is 5.73 Å². The maximum Gasteiger partial charge on any atom is 0.220 e. The lowest BCUT2D eigenvalue weighted by Crippen LogP contribution is -2.42. The predicted octanol–water partition coefficient (Wildman–Crippen LogP) is 2.34. The molecule has 4 N–H and O–H groups in total. The SMILES string of the molecule is CCC(CCN)CCC(=O)NCC1(O)CCCCCC1. The zero-order valence-electron chi connectivity index (χ0n) is 13.0. The van der Waals surface area contributed by atoms with Gasteiger partial charge in [-0.25, -0.2) is 0 Å². The van der Waals surface area contributed by atoms with E-state index < -0.39 is 5.60 Å². The highest BCUT2D eigenvalue weighted by Crippen LogP contribution is 2.26. The van der Waals surface area contributed by atoms with E-state index in [0.717, 1.165) is 44.9 Å². The Kier molecular flexibility index (Phi) is 8.15. The van der Waals surface area contributed by atoms with Gasteiger partial charge in [0.25, 0.3) is 0 Å². The molecule has 1 atom stereocenters. The van der Waals surface area contributed by atoms with Crippen LogP contribution in [0.2, 0.25) is 0 Å². The van der Waals surface area contributed by atoms with Crippen molar-refractivity contribution in [3.8, 4) is 0 Å². The summed E-state index contributed by atoms with van der Waals surface area (Å²) in [7, 11) is 0. The molecule has 4 heteroatoms. The van der Waals surface area contributed by atoms with E-state index in [1.165, 1.54) is 12.8 Å². The van der Waals surface area contributed by atoms with Crippen LogP contribution in [0.3, 0.4) is 0 Å². The first-order valence-corrected chi connectivity index (χ1v) is 8.29. The molecule has 0 spiro atoms. The van der Waals surface area contributed by atoms with Gasteiger partial charge in [-0.15, -0.1) is 0 Å². The van der Waals surface area contributed by atoms with Gasteiger partial charge in [-0.1, -0.05) is 39.0 Å². The number of nitrogens with two attached hydrogens (primary N) is 1. The van der Waals surface area contributed by atoms with Crippen LogP contribution in [0, 0.1) is 5.92 Å². The topological polar surface area (TPSA) is 75.4 Å². The predicted molar refractivity (Wildman–Crippen MR) is 82.3 cm³/mol. The van der Waals surface area contributed by atoms with Gasteiger partial charge in [0.2, 0.25) is 5.91 Å². The maximum atomic E-state index is 11.9. The summed E-state index contributed by atoms with van der Waals surface area (Å²) in [4.78, 5) is 11.9. The molecular formula is C16H32N2O2. The van der Waals surface area contributed by atoms with Crippen molar-refractivity contribution in [2.75, 3.05) is 13.1 Å². The van der Waals surface area contributed by atoms with Crippen molar-refractivity contribution in [1.29, 1.82) is 0 Å². The first kappa shape index (κ1) is 17.4. The smallest absolute Gasteiger partial charge is 0.220 e. The van der Waals surface area contributed by atoms with Gasteiger partial charge >= 0.3 is 0 Å². The fourth-order valence-corrected chi connectivity index (χ4v) is 3.04. The maximum absolute atomic E-state index is 11.9. The van der Waals surface area contributed by atoms with Gasteiger partial charge in [0.1, 0.15) is 0 Å². The number of nitrogens with one attached hydrogen (secondary N) is 1. The van der Waals surface area contributed by atoms with Gasteiger partial charge in [0.05, 0.1) is 5.60 Å². The molecule has 1 aliphatic carbocycles. The molecular weight excluding hydrogens is 252 g/mol. The summed E-state index contributed by atoms with van der Waals surface area (Å²) in [6.07, 6.45) is 9.70. The minimum Gasteiger partial charge on any atom is -0.388 e. The summed E-state index contributed by atoms with van der Waals surface area (Å²) in [5, 5.41) is 13.4. The molecule has 1 aliphatic rings. The van der Waals surface area contributed by atoms with Crippen molar-refractivity contribution >= 4 is 5.91 Å². The number of carbonyl (C=O) groups is 1. The summed E-state index contributed by atoms with van der Waals surface area (Å²) in [6, 6.07) is 0. The lowest BCUT2D eigenvalue weighted by Gasteiger charge is -2.27. The highest BCUT2D eigenvalue weighted by molar-refractivity contribution is 5.75. The summed E-state index contributed by atoms with van der Waals surface area (Å²) < 4.78 is 0. The van der Waals surface area contributed by atoms with Crippen molar-refractivity contribution in [3.05, 3.63) is 0 Å². The standard InChI is InChI=1S/C16H32N2O2/c1-2-14(9-12-17)7-8-15(19)18-13-16(20)10-5-3-4-6-11-16/h14,20H,2-13,17H2,1H3,(H,18,19). The van der Waals surface area contributed by atoms with Gasteiger partial charge in [-0.2, -0.15) is 0 Å². The Morgan fingerprint density at radius 2 is 1.90 bits per heavy atom. The summed E-state index contributed by atoms with van der Waals surface area (Å²) in [5.74, 6) is 0.616. The summed E-state index contributed by atoms with van der Waals surface area (Å²) >= 11 is 0. The molecule has 0 aromatic heterocycles. The van der Waals surface area contributed by atoms with Gasteiger partial charge in [-0.3, -0.25) is 4.79 Å². The van der Waals surface area contributed by atoms with Crippen LogP contribution in [0.4, 0.5) is 0 Å². The molecule has 0 bridgehead atoms. The van der Waals surface area contributed by atoms with Gasteiger partial charge in [0.15, 0.2) is 0 Å². The number of aliphatic hydroxyl groups is 1. The summed E-state index contributed by atoms with van der Waals surface area (Å²) in [5.41, 5.74) is 4.89. The molecule has 20 heavy (non-hydrogen) atoms. The zero-order valence-corrected chi connectivity index (χ0v) is 13.0. The second-order valence-corrected chi connectivity index (χ2v) is 6.31. The van der Waals surface area contributed by atoms with E-state index in [1.54, 1.807) is 0 Å². The lowest BCUT2D eigenvalue weighted by atomic mass is 9.94. The Morgan fingerprint density at radius 3 is 2.45 bits per heavy atom. The molecule has 1 amide bonds. The van der Waals surface area contributed by atoms with Crippen LogP contribution in [0.1, 0.15) is 71.1 Å². The molecule has 4 nitrogen and oxygen atoms in total. The van der Waals surface area contributed by atoms with Crippen molar-refractivity contribution in [2.45, 2.75) is 76.7 Å². The van der Waals surface area contributed by atoms with Crippen molar-refractivity contribution in [2.24, 2.45) is 11.7 Å². The molecule has 118 valence electrons. The Hall–Kier alpha value is -0.610. The zero-order chi connectivity index (χ0) is 14.8. The van der Waals surface area contributed by atoms with E-state index in [0.29, 0.717) is 25.4 Å². The van der Waals surface area contributed by atoms with E-state index >= 15 is 0 Å². The quantitative estimate of drug-likeness (QED) is 0.599.